The van der Waals surface area contributed by atoms with E-state index in [4.69, 9.17) is 24.7 Å². The van der Waals surface area contributed by atoms with Crippen LogP contribution in [-0.2, 0) is 30.9 Å². The first kappa shape index (κ1) is 38.6. The Kier molecular flexibility index (Phi) is 12.7. The third-order valence-electron chi connectivity index (χ3n) is 10.3. The zero-order valence-electron chi connectivity index (χ0n) is 31.0. The van der Waals surface area contributed by atoms with Crippen molar-refractivity contribution in [2.75, 3.05) is 52.0 Å². The molecule has 1 amide bonds. The fraction of sp³-hybridized carbons (Fsp3) is 0.525. The van der Waals surface area contributed by atoms with Crippen molar-refractivity contribution >= 4 is 21.6 Å². The predicted octanol–water partition coefficient (Wildman–Crippen LogP) is 6.30. The largest absolute Gasteiger partial charge is 0.497 e. The molecule has 2 heterocycles. The van der Waals surface area contributed by atoms with Crippen molar-refractivity contribution in [3.05, 3.63) is 83.4 Å². The number of aryl methyl sites for hydroxylation is 1. The van der Waals surface area contributed by atoms with Crippen molar-refractivity contribution < 1.29 is 32.2 Å². The maximum atomic E-state index is 14.5. The molecule has 51 heavy (non-hydrogen) atoms. The van der Waals surface area contributed by atoms with E-state index in [2.05, 4.69) is 30.0 Å². The average Bonchev–Trinajstić information content (AvgIpc) is 3.11. The molecule has 0 unspecified atom stereocenters. The lowest BCUT2D eigenvalue weighted by Crippen LogP contribution is -2.53. The summed E-state index contributed by atoms with van der Waals surface area (Å²) in [6, 6.07) is 20.8. The molecule has 11 heteroatoms. The van der Waals surface area contributed by atoms with Crippen LogP contribution in [0.15, 0.2) is 71.6 Å². The number of benzene rings is 3. The number of methoxy groups -OCH3 is 2. The lowest BCUT2D eigenvalue weighted by Gasteiger charge is -2.44. The third-order valence-corrected chi connectivity index (χ3v) is 12.3. The molecular weight excluding hydrogens is 667 g/mol. The van der Waals surface area contributed by atoms with Gasteiger partial charge in [-0.05, 0) is 86.1 Å². The van der Waals surface area contributed by atoms with E-state index >= 15 is 0 Å². The summed E-state index contributed by atoms with van der Waals surface area (Å²) in [6.07, 6.45) is 2.15. The van der Waals surface area contributed by atoms with Crippen LogP contribution in [0.3, 0.4) is 0 Å². The second kappa shape index (κ2) is 16.8. The Bertz CT molecular complexity index is 1710. The highest BCUT2D eigenvalue weighted by molar-refractivity contribution is 7.89. The first-order valence-electron chi connectivity index (χ1n) is 18.0. The Hall–Kier alpha value is -3.64. The fourth-order valence-corrected chi connectivity index (χ4v) is 9.16. The molecule has 3 aromatic carbocycles. The molecule has 5 rings (SSSR count). The molecule has 1 saturated heterocycles. The van der Waals surface area contributed by atoms with Gasteiger partial charge < -0.3 is 29.6 Å². The van der Waals surface area contributed by atoms with E-state index in [1.807, 2.05) is 57.2 Å². The van der Waals surface area contributed by atoms with E-state index in [9.17, 15) is 13.2 Å². The number of ether oxygens (including phenoxy) is 4. The van der Waals surface area contributed by atoms with E-state index in [1.54, 1.807) is 30.7 Å². The standard InChI is InChI=1S/C40H55N3O7S/c1-28-8-15-34(16-9-28)51(45,46)43-26-38(50-27-30-10-17-37-36(23-30)42(19-21-49-37)18-7-20-47-5)35(31-11-13-33(48-6)14-12-31)24-32(43)22-29(2)25-40(3,4)39(41)44/h8-17,23,29,32,35,38H,7,18-22,24-27H2,1-6H3,(H2,41,44)/t29-,32+,35+,38-/m0/s1. The van der Waals surface area contributed by atoms with Crippen LogP contribution in [-0.4, -0.2) is 77.8 Å². The topological polar surface area (TPSA) is 121 Å². The number of hydrogen-bond donors (Lipinski definition) is 1. The first-order valence-corrected chi connectivity index (χ1v) is 19.4. The number of sulfonamides is 1. The molecule has 0 aromatic heterocycles. The molecule has 2 N–H and O–H groups in total. The summed E-state index contributed by atoms with van der Waals surface area (Å²) in [4.78, 5) is 14.8. The number of piperidine rings is 1. The minimum atomic E-state index is -3.89. The summed E-state index contributed by atoms with van der Waals surface area (Å²) in [5, 5.41) is 0. The van der Waals surface area contributed by atoms with Crippen LogP contribution >= 0.6 is 0 Å². The molecule has 10 nitrogen and oxygen atoms in total. The molecule has 1 fully saturated rings. The van der Waals surface area contributed by atoms with Crippen LogP contribution in [0.2, 0.25) is 0 Å². The highest BCUT2D eigenvalue weighted by atomic mass is 32.2. The van der Waals surface area contributed by atoms with Crippen molar-refractivity contribution in [3.63, 3.8) is 0 Å². The number of fused-ring (bicyclic) bond motifs is 1. The number of carbonyl (C=O) groups is 1. The molecule has 3 aromatic rings. The second-order valence-corrected chi connectivity index (χ2v) is 16.7. The Morgan fingerprint density at radius 2 is 1.78 bits per heavy atom. The molecule has 2 aliphatic heterocycles. The molecule has 2 aliphatic rings. The van der Waals surface area contributed by atoms with Gasteiger partial charge in [0.15, 0.2) is 0 Å². The molecule has 278 valence electrons. The summed E-state index contributed by atoms with van der Waals surface area (Å²) >= 11 is 0. The van der Waals surface area contributed by atoms with E-state index in [1.165, 1.54) is 0 Å². The van der Waals surface area contributed by atoms with Gasteiger partial charge in [0.1, 0.15) is 18.1 Å². The van der Waals surface area contributed by atoms with Crippen molar-refractivity contribution in [1.29, 1.82) is 0 Å². The Balaban J connectivity index is 1.47. The molecule has 0 radical (unpaired) electrons. The predicted molar refractivity (Wildman–Crippen MR) is 200 cm³/mol. The molecule has 0 bridgehead atoms. The first-order chi connectivity index (χ1) is 24.3. The monoisotopic (exact) mass is 721 g/mol. The van der Waals surface area contributed by atoms with Crippen molar-refractivity contribution in [2.24, 2.45) is 17.1 Å². The van der Waals surface area contributed by atoms with Crippen LogP contribution < -0.4 is 20.1 Å². The summed E-state index contributed by atoms with van der Waals surface area (Å²) in [5.74, 6) is 1.18. The normalized spacial score (nSPS) is 20.4. The molecule has 0 saturated carbocycles. The van der Waals surface area contributed by atoms with E-state index in [-0.39, 0.29) is 35.2 Å². The van der Waals surface area contributed by atoms with E-state index in [0.29, 0.717) is 39.1 Å². The van der Waals surface area contributed by atoms with Crippen molar-refractivity contribution in [1.82, 2.24) is 4.31 Å². The van der Waals surface area contributed by atoms with Gasteiger partial charge in [-0.2, -0.15) is 4.31 Å². The number of primary amides is 1. The molecule has 4 atom stereocenters. The van der Waals surface area contributed by atoms with Gasteiger partial charge >= 0.3 is 0 Å². The minimum absolute atomic E-state index is 0.0340. The Morgan fingerprint density at radius 3 is 2.45 bits per heavy atom. The van der Waals surface area contributed by atoms with Gasteiger partial charge in [-0.1, -0.05) is 56.7 Å². The molecular formula is C40H55N3O7S. The lowest BCUT2D eigenvalue weighted by molar-refractivity contribution is -0.126. The highest BCUT2D eigenvalue weighted by Crippen LogP contribution is 2.41. The number of rotatable bonds is 16. The third kappa shape index (κ3) is 9.43. The zero-order valence-corrected chi connectivity index (χ0v) is 31.8. The summed E-state index contributed by atoms with van der Waals surface area (Å²) in [6.45, 7) is 11.2. The zero-order chi connectivity index (χ0) is 36.8. The number of carbonyl (C=O) groups excluding carboxylic acids is 1. The SMILES string of the molecule is COCCCN1CCOc2ccc(CO[C@H]3CN(S(=O)(=O)c4ccc(C)cc4)[C@H](C[C@H](C)CC(C)(C)C(N)=O)C[C@@H]3c3ccc(OC)cc3)cc21. The number of nitrogens with two attached hydrogens (primary N) is 1. The number of nitrogens with zero attached hydrogens (tertiary/aromatic N) is 2. The average molecular weight is 722 g/mol. The highest BCUT2D eigenvalue weighted by Gasteiger charge is 2.44. The van der Waals surface area contributed by atoms with Crippen LogP contribution in [0.4, 0.5) is 5.69 Å². The van der Waals surface area contributed by atoms with E-state index < -0.39 is 21.5 Å². The summed E-state index contributed by atoms with van der Waals surface area (Å²) in [7, 11) is -0.530. The van der Waals surface area contributed by atoms with Gasteiger partial charge in [0, 0.05) is 44.2 Å². The summed E-state index contributed by atoms with van der Waals surface area (Å²) in [5.41, 5.74) is 9.10. The van der Waals surface area contributed by atoms with Crippen LogP contribution in [0.5, 0.6) is 11.5 Å². The van der Waals surface area contributed by atoms with Crippen LogP contribution in [0.25, 0.3) is 0 Å². The van der Waals surface area contributed by atoms with Crippen LogP contribution in [0.1, 0.15) is 69.1 Å². The second-order valence-electron chi connectivity index (χ2n) is 14.8. The van der Waals surface area contributed by atoms with Gasteiger partial charge in [0.05, 0.1) is 36.9 Å². The maximum Gasteiger partial charge on any atom is 0.243 e. The lowest BCUT2D eigenvalue weighted by atomic mass is 9.77. The molecule has 0 spiro atoms. The number of anilines is 1. The van der Waals surface area contributed by atoms with Gasteiger partial charge in [0.2, 0.25) is 15.9 Å². The summed E-state index contributed by atoms with van der Waals surface area (Å²) < 4.78 is 54.1. The number of hydrogen-bond acceptors (Lipinski definition) is 8. The Labute approximate surface area is 304 Å². The fourth-order valence-electron chi connectivity index (χ4n) is 7.50. The van der Waals surface area contributed by atoms with Crippen molar-refractivity contribution in [3.8, 4) is 11.5 Å². The van der Waals surface area contributed by atoms with Gasteiger partial charge in [-0.25, -0.2) is 8.42 Å². The Morgan fingerprint density at radius 1 is 1.06 bits per heavy atom. The minimum Gasteiger partial charge on any atom is -0.497 e. The molecule has 0 aliphatic carbocycles. The van der Waals surface area contributed by atoms with Gasteiger partial charge in [-0.3, -0.25) is 4.79 Å². The van der Waals surface area contributed by atoms with Crippen LogP contribution in [0, 0.1) is 18.3 Å². The van der Waals surface area contributed by atoms with Crippen molar-refractivity contribution in [2.45, 2.75) is 82.9 Å². The van der Waals surface area contributed by atoms with Gasteiger partial charge in [-0.15, -0.1) is 0 Å². The quantitative estimate of drug-likeness (QED) is 0.171. The maximum absolute atomic E-state index is 14.5. The number of amides is 1. The van der Waals surface area contributed by atoms with Gasteiger partial charge in [0.25, 0.3) is 0 Å². The smallest absolute Gasteiger partial charge is 0.243 e. The van der Waals surface area contributed by atoms with E-state index in [0.717, 1.165) is 53.4 Å².